The number of hydrogen-bond donors (Lipinski definition) is 0. The molecule has 0 saturated carbocycles. The van der Waals surface area contributed by atoms with Crippen molar-refractivity contribution < 1.29 is 9.47 Å². The molecule has 0 unspecified atom stereocenters. The molecule has 0 saturated heterocycles. The van der Waals surface area contributed by atoms with Crippen LogP contribution in [-0.2, 0) is 6.61 Å². The van der Waals surface area contributed by atoms with E-state index in [1.807, 2.05) is 50.2 Å². The summed E-state index contributed by atoms with van der Waals surface area (Å²) in [5.41, 5.74) is 3.28. The van der Waals surface area contributed by atoms with Gasteiger partial charge in [0.1, 0.15) is 12.4 Å². The Morgan fingerprint density at radius 3 is 2.61 bits per heavy atom. The van der Waals surface area contributed by atoms with Gasteiger partial charge in [-0.3, -0.25) is 4.79 Å². The molecule has 0 fully saturated rings. The van der Waals surface area contributed by atoms with Crippen LogP contribution >= 0.6 is 27.5 Å². The van der Waals surface area contributed by atoms with Crippen molar-refractivity contribution in [2.45, 2.75) is 39.7 Å². The van der Waals surface area contributed by atoms with Gasteiger partial charge in [0.05, 0.1) is 29.2 Å². The molecule has 0 spiro atoms. The van der Waals surface area contributed by atoms with E-state index in [4.69, 9.17) is 26.1 Å². The molecular weight excluding hydrogens is 542 g/mol. The highest BCUT2D eigenvalue weighted by Gasteiger charge is 2.16. The Morgan fingerprint density at radius 2 is 1.92 bits per heavy atom. The number of methoxy groups -OCH3 is 1. The third-order valence-corrected chi connectivity index (χ3v) is 6.74. The largest absolute Gasteiger partial charge is 0.493 e. The van der Waals surface area contributed by atoms with Crippen LogP contribution in [0.2, 0.25) is 5.02 Å². The van der Waals surface area contributed by atoms with Crippen LogP contribution in [0.5, 0.6) is 11.5 Å². The summed E-state index contributed by atoms with van der Waals surface area (Å²) < 4.78 is 13.7. The molecular formula is C28H27BrClN3O3. The molecule has 1 aromatic heterocycles. The zero-order valence-electron chi connectivity index (χ0n) is 20.6. The Hall–Kier alpha value is -3.16. The summed E-state index contributed by atoms with van der Waals surface area (Å²) in [6.07, 6.45) is 2.40. The van der Waals surface area contributed by atoms with Crippen molar-refractivity contribution in [1.82, 2.24) is 9.66 Å². The van der Waals surface area contributed by atoms with Gasteiger partial charge in [-0.2, -0.15) is 9.78 Å². The molecule has 0 N–H and O–H groups in total. The standard InChI is InChI=1S/C28H27BrClN3O3/c1-5-18(3)27-32-24-11-10-21(29)14-22(24)28(34)33(27)31-15-20-12-23(30)26(25(13-20)35-4)36-16-19-8-6-17(2)7-9-19/h6-15,18H,5,16H2,1-4H3/t18-/m0/s1. The molecule has 0 bridgehead atoms. The molecule has 0 aliphatic carbocycles. The van der Waals surface area contributed by atoms with Crippen molar-refractivity contribution in [3.05, 3.63) is 97.0 Å². The smallest absolute Gasteiger partial charge is 0.282 e. The van der Waals surface area contributed by atoms with Gasteiger partial charge in [-0.05, 0) is 54.8 Å². The van der Waals surface area contributed by atoms with E-state index in [1.54, 1.807) is 31.5 Å². The van der Waals surface area contributed by atoms with Gasteiger partial charge < -0.3 is 9.47 Å². The highest BCUT2D eigenvalue weighted by molar-refractivity contribution is 9.10. The average Bonchev–Trinajstić information content (AvgIpc) is 2.87. The number of fused-ring (bicyclic) bond motifs is 1. The fraction of sp³-hybridized carbons (Fsp3) is 0.250. The minimum atomic E-state index is -0.232. The van der Waals surface area contributed by atoms with E-state index >= 15 is 0 Å². The highest BCUT2D eigenvalue weighted by Crippen LogP contribution is 2.36. The number of nitrogens with zero attached hydrogens (tertiary/aromatic N) is 3. The van der Waals surface area contributed by atoms with Crippen molar-refractivity contribution in [3.8, 4) is 11.5 Å². The van der Waals surface area contributed by atoms with E-state index in [2.05, 4.69) is 28.0 Å². The fourth-order valence-corrected chi connectivity index (χ4v) is 4.33. The first kappa shape index (κ1) is 25.9. The molecule has 0 amide bonds. The van der Waals surface area contributed by atoms with Crippen LogP contribution in [0.25, 0.3) is 10.9 Å². The van der Waals surface area contributed by atoms with Crippen LogP contribution in [0.15, 0.2) is 69.0 Å². The van der Waals surface area contributed by atoms with E-state index in [9.17, 15) is 4.79 Å². The molecule has 1 atom stereocenters. The van der Waals surface area contributed by atoms with Crippen LogP contribution < -0.4 is 15.0 Å². The Labute approximate surface area is 223 Å². The first-order valence-electron chi connectivity index (χ1n) is 11.6. The molecule has 3 aromatic carbocycles. The first-order chi connectivity index (χ1) is 17.3. The Bertz CT molecular complexity index is 1480. The van der Waals surface area contributed by atoms with Crippen molar-refractivity contribution in [1.29, 1.82) is 0 Å². The Kier molecular flexibility index (Phi) is 8.11. The molecule has 8 heteroatoms. The molecule has 0 radical (unpaired) electrons. The maximum atomic E-state index is 13.3. The van der Waals surface area contributed by atoms with E-state index in [-0.39, 0.29) is 11.5 Å². The third-order valence-electron chi connectivity index (χ3n) is 5.96. The van der Waals surface area contributed by atoms with Gasteiger partial charge in [-0.25, -0.2) is 4.98 Å². The van der Waals surface area contributed by atoms with Crippen LogP contribution in [0.3, 0.4) is 0 Å². The molecule has 1 heterocycles. The monoisotopic (exact) mass is 567 g/mol. The number of aryl methyl sites for hydroxylation is 1. The van der Waals surface area contributed by atoms with Crippen molar-refractivity contribution in [2.75, 3.05) is 7.11 Å². The summed E-state index contributed by atoms with van der Waals surface area (Å²) >= 11 is 10.00. The summed E-state index contributed by atoms with van der Waals surface area (Å²) in [7, 11) is 1.56. The van der Waals surface area contributed by atoms with Crippen LogP contribution in [0.4, 0.5) is 0 Å². The van der Waals surface area contributed by atoms with E-state index in [0.717, 1.165) is 16.5 Å². The van der Waals surface area contributed by atoms with E-state index in [0.29, 0.717) is 45.4 Å². The fourth-order valence-electron chi connectivity index (χ4n) is 3.70. The molecule has 186 valence electrons. The van der Waals surface area contributed by atoms with Gasteiger partial charge in [-0.1, -0.05) is 71.2 Å². The topological polar surface area (TPSA) is 65.7 Å². The van der Waals surface area contributed by atoms with E-state index < -0.39 is 0 Å². The molecule has 6 nitrogen and oxygen atoms in total. The van der Waals surface area contributed by atoms with Crippen molar-refractivity contribution in [2.24, 2.45) is 5.10 Å². The van der Waals surface area contributed by atoms with Crippen LogP contribution in [0, 0.1) is 6.92 Å². The summed E-state index contributed by atoms with van der Waals surface area (Å²) in [5.74, 6) is 1.57. The second-order valence-corrected chi connectivity index (χ2v) is 9.93. The van der Waals surface area contributed by atoms with Gasteiger partial charge in [0.25, 0.3) is 5.56 Å². The number of aromatic nitrogens is 2. The molecule has 0 aliphatic rings. The van der Waals surface area contributed by atoms with Crippen LogP contribution in [-0.4, -0.2) is 23.0 Å². The molecule has 0 aliphatic heterocycles. The first-order valence-corrected chi connectivity index (χ1v) is 12.8. The van der Waals surface area contributed by atoms with Gasteiger partial charge >= 0.3 is 0 Å². The van der Waals surface area contributed by atoms with E-state index in [1.165, 1.54) is 10.2 Å². The zero-order chi connectivity index (χ0) is 25.8. The average molecular weight is 569 g/mol. The Morgan fingerprint density at radius 1 is 1.17 bits per heavy atom. The summed E-state index contributed by atoms with van der Waals surface area (Å²) in [6.45, 7) is 6.47. The molecule has 4 aromatic rings. The number of ether oxygens (including phenoxy) is 2. The number of rotatable bonds is 8. The molecule has 4 rings (SSSR count). The summed E-state index contributed by atoms with van der Waals surface area (Å²) in [4.78, 5) is 18.1. The van der Waals surface area contributed by atoms with Gasteiger partial charge in [0, 0.05) is 10.4 Å². The lowest BCUT2D eigenvalue weighted by molar-refractivity contribution is 0.284. The minimum absolute atomic E-state index is 0.0403. The lowest BCUT2D eigenvalue weighted by Gasteiger charge is -2.15. The lowest BCUT2D eigenvalue weighted by atomic mass is 10.1. The second-order valence-electron chi connectivity index (χ2n) is 8.61. The lowest BCUT2D eigenvalue weighted by Crippen LogP contribution is -2.23. The maximum absolute atomic E-state index is 13.3. The number of hydrogen-bond acceptors (Lipinski definition) is 5. The number of halogens is 2. The zero-order valence-corrected chi connectivity index (χ0v) is 22.9. The maximum Gasteiger partial charge on any atom is 0.282 e. The highest BCUT2D eigenvalue weighted by atomic mass is 79.9. The van der Waals surface area contributed by atoms with Crippen molar-refractivity contribution >= 4 is 44.6 Å². The SMILES string of the molecule is CC[C@H](C)c1nc2ccc(Br)cc2c(=O)n1N=Cc1cc(Cl)c(OCc2ccc(C)cc2)c(OC)c1. The minimum Gasteiger partial charge on any atom is -0.493 e. The second kappa shape index (κ2) is 11.3. The third kappa shape index (κ3) is 5.63. The summed E-state index contributed by atoms with van der Waals surface area (Å²) in [6, 6.07) is 17.1. The predicted octanol–water partition coefficient (Wildman–Crippen LogP) is 7.10. The number of benzene rings is 3. The quantitative estimate of drug-likeness (QED) is 0.213. The van der Waals surface area contributed by atoms with Gasteiger partial charge in [-0.15, -0.1) is 0 Å². The van der Waals surface area contributed by atoms with Gasteiger partial charge in [0.2, 0.25) is 0 Å². The normalized spacial score (nSPS) is 12.3. The Balaban J connectivity index is 1.69. The van der Waals surface area contributed by atoms with Crippen molar-refractivity contribution in [3.63, 3.8) is 0 Å². The predicted molar refractivity (Wildman–Crippen MR) is 149 cm³/mol. The molecule has 36 heavy (non-hydrogen) atoms. The summed E-state index contributed by atoms with van der Waals surface area (Å²) in [5, 5.41) is 5.40. The van der Waals surface area contributed by atoms with Gasteiger partial charge in [0.15, 0.2) is 11.5 Å². The van der Waals surface area contributed by atoms with Crippen LogP contribution in [0.1, 0.15) is 48.7 Å².